The summed E-state index contributed by atoms with van der Waals surface area (Å²) in [4.78, 5) is 12.5. The van der Waals surface area contributed by atoms with E-state index in [2.05, 4.69) is 17.6 Å². The number of halogens is 3. The fraction of sp³-hybridized carbons (Fsp3) is 0.381. The highest BCUT2D eigenvalue weighted by Crippen LogP contribution is 2.30. The number of hydrogen-bond donors (Lipinski definition) is 2. The van der Waals surface area contributed by atoms with Gasteiger partial charge in [-0.1, -0.05) is 19.1 Å². The Bertz CT molecular complexity index is 761. The molecule has 146 valence electrons. The third-order valence-corrected chi connectivity index (χ3v) is 5.06. The SMILES string of the molecule is CC(CC(=O)Nc1ccc(F)cc1-c1ccc(F)cc1)C1CCCNC1.Cl. The van der Waals surface area contributed by atoms with Crippen molar-refractivity contribution in [3.63, 3.8) is 0 Å². The van der Waals surface area contributed by atoms with Crippen LogP contribution in [0.5, 0.6) is 0 Å². The Morgan fingerprint density at radius 1 is 1.19 bits per heavy atom. The molecule has 0 aliphatic carbocycles. The summed E-state index contributed by atoms with van der Waals surface area (Å²) < 4.78 is 26.9. The standard InChI is InChI=1S/C21H24F2N2O.ClH/c1-14(16-3-2-10-24-13-16)11-21(26)25-20-9-8-18(23)12-19(20)15-4-6-17(22)7-5-15;/h4-9,12,14,16,24H,2-3,10-11,13H2,1H3,(H,25,26);1H. The first-order chi connectivity index (χ1) is 12.5. The van der Waals surface area contributed by atoms with E-state index in [1.165, 1.54) is 24.3 Å². The summed E-state index contributed by atoms with van der Waals surface area (Å²) in [6.07, 6.45) is 2.70. The Morgan fingerprint density at radius 3 is 2.56 bits per heavy atom. The van der Waals surface area contributed by atoms with Crippen LogP contribution >= 0.6 is 12.4 Å². The molecule has 1 fully saturated rings. The van der Waals surface area contributed by atoms with Crippen LogP contribution in [0, 0.1) is 23.5 Å². The summed E-state index contributed by atoms with van der Waals surface area (Å²) in [5.74, 6) is -0.0653. The Kier molecular flexibility index (Phi) is 7.75. The van der Waals surface area contributed by atoms with Crippen molar-refractivity contribution in [1.82, 2.24) is 5.32 Å². The highest BCUT2D eigenvalue weighted by molar-refractivity contribution is 5.95. The van der Waals surface area contributed by atoms with Crippen molar-refractivity contribution in [1.29, 1.82) is 0 Å². The Balaban J connectivity index is 0.00000261. The lowest BCUT2D eigenvalue weighted by Crippen LogP contribution is -2.34. The third-order valence-electron chi connectivity index (χ3n) is 5.06. The summed E-state index contributed by atoms with van der Waals surface area (Å²) in [6.45, 7) is 4.10. The van der Waals surface area contributed by atoms with Gasteiger partial charge in [0.2, 0.25) is 5.91 Å². The van der Waals surface area contributed by atoms with E-state index in [0.29, 0.717) is 29.2 Å². The summed E-state index contributed by atoms with van der Waals surface area (Å²) in [5, 5.41) is 6.28. The molecule has 0 bridgehead atoms. The number of anilines is 1. The largest absolute Gasteiger partial charge is 0.326 e. The molecule has 0 radical (unpaired) electrons. The molecule has 0 saturated carbocycles. The fourth-order valence-corrected chi connectivity index (χ4v) is 3.52. The predicted octanol–water partition coefficient (Wildman–Crippen LogP) is 5.02. The molecule has 1 saturated heterocycles. The second-order valence-electron chi connectivity index (χ2n) is 7.03. The number of carbonyl (C=O) groups is 1. The first-order valence-corrected chi connectivity index (χ1v) is 9.09. The number of piperidine rings is 1. The van der Waals surface area contributed by atoms with E-state index in [1.54, 1.807) is 18.2 Å². The second-order valence-corrected chi connectivity index (χ2v) is 7.03. The van der Waals surface area contributed by atoms with Crippen molar-refractivity contribution < 1.29 is 13.6 Å². The maximum atomic E-state index is 13.7. The van der Waals surface area contributed by atoms with Crippen LogP contribution in [-0.4, -0.2) is 19.0 Å². The van der Waals surface area contributed by atoms with E-state index in [1.807, 2.05) is 0 Å². The number of benzene rings is 2. The molecule has 3 nitrogen and oxygen atoms in total. The molecule has 2 N–H and O–H groups in total. The van der Waals surface area contributed by atoms with E-state index >= 15 is 0 Å². The van der Waals surface area contributed by atoms with Crippen LogP contribution in [0.3, 0.4) is 0 Å². The Labute approximate surface area is 165 Å². The third kappa shape index (κ3) is 5.75. The lowest BCUT2D eigenvalue weighted by molar-refractivity contribution is -0.117. The minimum absolute atomic E-state index is 0. The zero-order chi connectivity index (χ0) is 18.5. The van der Waals surface area contributed by atoms with E-state index in [4.69, 9.17) is 0 Å². The molecule has 1 amide bonds. The first-order valence-electron chi connectivity index (χ1n) is 9.09. The van der Waals surface area contributed by atoms with E-state index in [9.17, 15) is 13.6 Å². The normalized spacial score (nSPS) is 17.7. The molecule has 1 aliphatic rings. The molecule has 6 heteroatoms. The van der Waals surface area contributed by atoms with Crippen molar-refractivity contribution in [2.45, 2.75) is 26.2 Å². The van der Waals surface area contributed by atoms with Crippen LogP contribution in [0.4, 0.5) is 14.5 Å². The van der Waals surface area contributed by atoms with Gasteiger partial charge in [0.15, 0.2) is 0 Å². The van der Waals surface area contributed by atoms with Gasteiger partial charge in [-0.2, -0.15) is 0 Å². The van der Waals surface area contributed by atoms with Gasteiger partial charge < -0.3 is 10.6 Å². The Hall–Kier alpha value is -1.98. The molecule has 2 aromatic carbocycles. The van der Waals surface area contributed by atoms with Gasteiger partial charge in [-0.15, -0.1) is 12.4 Å². The van der Waals surface area contributed by atoms with Crippen LogP contribution in [0.2, 0.25) is 0 Å². The average molecular weight is 395 g/mol. The van der Waals surface area contributed by atoms with E-state index in [-0.39, 0.29) is 30.0 Å². The number of amides is 1. The van der Waals surface area contributed by atoms with E-state index in [0.717, 1.165) is 25.9 Å². The number of carbonyl (C=O) groups excluding carboxylic acids is 1. The quantitative estimate of drug-likeness (QED) is 0.747. The van der Waals surface area contributed by atoms with Crippen LogP contribution in [0.1, 0.15) is 26.2 Å². The maximum Gasteiger partial charge on any atom is 0.224 e. The van der Waals surface area contributed by atoms with Gasteiger partial charge in [0.05, 0.1) is 0 Å². The highest BCUT2D eigenvalue weighted by atomic mass is 35.5. The maximum absolute atomic E-state index is 13.7. The molecule has 2 aromatic rings. The van der Waals surface area contributed by atoms with Crippen LogP contribution in [-0.2, 0) is 4.79 Å². The summed E-state index contributed by atoms with van der Waals surface area (Å²) in [5.41, 5.74) is 1.74. The second kappa shape index (κ2) is 9.81. The van der Waals surface area contributed by atoms with Gasteiger partial charge in [0.25, 0.3) is 0 Å². The fourth-order valence-electron chi connectivity index (χ4n) is 3.52. The van der Waals surface area contributed by atoms with Gasteiger partial charge in [0.1, 0.15) is 11.6 Å². The lowest BCUT2D eigenvalue weighted by Gasteiger charge is -2.28. The van der Waals surface area contributed by atoms with Gasteiger partial charge >= 0.3 is 0 Å². The van der Waals surface area contributed by atoms with Crippen LogP contribution in [0.15, 0.2) is 42.5 Å². The molecule has 27 heavy (non-hydrogen) atoms. The summed E-state index contributed by atoms with van der Waals surface area (Å²) in [6, 6.07) is 10.0. The van der Waals surface area contributed by atoms with Gasteiger partial charge in [0, 0.05) is 17.7 Å². The van der Waals surface area contributed by atoms with Crippen molar-refractivity contribution >= 4 is 24.0 Å². The first kappa shape index (κ1) is 21.3. The van der Waals surface area contributed by atoms with Gasteiger partial charge in [-0.25, -0.2) is 8.78 Å². The number of hydrogen-bond acceptors (Lipinski definition) is 2. The van der Waals surface area contributed by atoms with Crippen molar-refractivity contribution in [2.75, 3.05) is 18.4 Å². The molecule has 2 atom stereocenters. The summed E-state index contributed by atoms with van der Waals surface area (Å²) >= 11 is 0. The van der Waals surface area contributed by atoms with Gasteiger partial charge in [-0.3, -0.25) is 4.79 Å². The predicted molar refractivity (Wildman–Crippen MR) is 107 cm³/mol. The number of nitrogens with one attached hydrogen (secondary N) is 2. The molecule has 1 heterocycles. The van der Waals surface area contributed by atoms with Crippen LogP contribution in [0.25, 0.3) is 11.1 Å². The molecule has 1 aliphatic heterocycles. The van der Waals surface area contributed by atoms with E-state index < -0.39 is 5.82 Å². The van der Waals surface area contributed by atoms with Crippen molar-refractivity contribution in [2.24, 2.45) is 11.8 Å². The molecule has 0 aromatic heterocycles. The molecule has 0 spiro atoms. The lowest BCUT2D eigenvalue weighted by atomic mass is 9.85. The smallest absolute Gasteiger partial charge is 0.224 e. The number of rotatable bonds is 5. The summed E-state index contributed by atoms with van der Waals surface area (Å²) in [7, 11) is 0. The zero-order valence-electron chi connectivity index (χ0n) is 15.3. The molecule has 3 rings (SSSR count). The van der Waals surface area contributed by atoms with Crippen molar-refractivity contribution in [3.8, 4) is 11.1 Å². The van der Waals surface area contributed by atoms with Crippen molar-refractivity contribution in [3.05, 3.63) is 54.1 Å². The van der Waals surface area contributed by atoms with Gasteiger partial charge in [-0.05, 0) is 73.7 Å². The molecular formula is C21H25ClF2N2O. The monoisotopic (exact) mass is 394 g/mol. The minimum Gasteiger partial charge on any atom is -0.326 e. The van der Waals surface area contributed by atoms with Crippen LogP contribution < -0.4 is 10.6 Å². The Morgan fingerprint density at radius 2 is 1.89 bits per heavy atom. The molecular weight excluding hydrogens is 370 g/mol. The zero-order valence-corrected chi connectivity index (χ0v) is 16.1. The molecule has 2 unspecified atom stereocenters. The minimum atomic E-state index is -0.399. The average Bonchev–Trinajstić information content (AvgIpc) is 2.64. The topological polar surface area (TPSA) is 41.1 Å². The highest BCUT2D eigenvalue weighted by Gasteiger charge is 2.22.